The summed E-state index contributed by atoms with van der Waals surface area (Å²) in [5.74, 6) is -0.354. The van der Waals surface area contributed by atoms with E-state index in [-0.39, 0.29) is 23.6 Å². The maximum atomic E-state index is 12.6. The van der Waals surface area contributed by atoms with Crippen LogP contribution in [-0.2, 0) is 19.4 Å². The van der Waals surface area contributed by atoms with E-state index < -0.39 is 0 Å². The Hall–Kier alpha value is -2.95. The van der Waals surface area contributed by atoms with Crippen LogP contribution in [0.2, 0.25) is 0 Å². The molecule has 1 aliphatic rings. The summed E-state index contributed by atoms with van der Waals surface area (Å²) >= 11 is 0. The van der Waals surface area contributed by atoms with Crippen molar-refractivity contribution in [2.24, 2.45) is 0 Å². The molecule has 1 aliphatic carbocycles. The molecule has 2 heterocycles. The van der Waals surface area contributed by atoms with E-state index in [4.69, 9.17) is 0 Å². The first-order chi connectivity index (χ1) is 12.7. The lowest BCUT2D eigenvalue weighted by atomic mass is 10.1. The van der Waals surface area contributed by atoms with Crippen LogP contribution in [0.25, 0.3) is 10.8 Å². The Labute approximate surface area is 151 Å². The molecule has 0 unspecified atom stereocenters. The van der Waals surface area contributed by atoms with E-state index in [1.807, 2.05) is 30.3 Å². The summed E-state index contributed by atoms with van der Waals surface area (Å²) < 4.78 is 0. The largest absolute Gasteiger partial charge is 0.346 e. The average molecular weight is 347 g/mol. The molecule has 2 N–H and O–H groups in total. The van der Waals surface area contributed by atoms with Crippen molar-refractivity contribution in [3.05, 3.63) is 75.5 Å². The van der Waals surface area contributed by atoms with Gasteiger partial charge in [-0.2, -0.15) is 0 Å². The summed E-state index contributed by atoms with van der Waals surface area (Å²) in [4.78, 5) is 32.2. The van der Waals surface area contributed by atoms with Gasteiger partial charge in [0.05, 0.1) is 12.2 Å². The lowest BCUT2D eigenvalue weighted by molar-refractivity contribution is 0.0949. The minimum atomic E-state index is -0.354. The molecule has 5 nitrogen and oxygen atoms in total. The van der Waals surface area contributed by atoms with Gasteiger partial charge in [0.25, 0.3) is 11.5 Å². The number of benzene rings is 1. The van der Waals surface area contributed by atoms with E-state index in [1.165, 1.54) is 0 Å². The number of carbonyl (C=O) groups excluding carboxylic acids is 1. The van der Waals surface area contributed by atoms with Crippen LogP contribution in [0.5, 0.6) is 0 Å². The van der Waals surface area contributed by atoms with Crippen LogP contribution in [0.3, 0.4) is 0 Å². The predicted molar refractivity (Wildman–Crippen MR) is 101 cm³/mol. The maximum absolute atomic E-state index is 12.6. The number of amides is 1. The summed E-state index contributed by atoms with van der Waals surface area (Å²) in [6.07, 6.45) is 6.87. The second-order valence-electron chi connectivity index (χ2n) is 6.74. The van der Waals surface area contributed by atoms with Crippen molar-refractivity contribution in [2.75, 3.05) is 0 Å². The molecule has 0 aliphatic heterocycles. The average Bonchev–Trinajstić information content (AvgIpc) is 2.90. The first-order valence-corrected chi connectivity index (χ1v) is 9.08. The smallest absolute Gasteiger partial charge is 0.261 e. The highest BCUT2D eigenvalue weighted by atomic mass is 16.2. The lowest BCUT2D eigenvalue weighted by Gasteiger charge is -2.10. The van der Waals surface area contributed by atoms with Gasteiger partial charge in [-0.25, -0.2) is 0 Å². The fourth-order valence-corrected chi connectivity index (χ4v) is 3.60. The fraction of sp³-hybridized carbons (Fsp3) is 0.286. The van der Waals surface area contributed by atoms with Gasteiger partial charge in [0.1, 0.15) is 5.56 Å². The minimum absolute atomic E-state index is 0.186. The Bertz CT molecular complexity index is 1020. The Balaban J connectivity index is 1.57. The van der Waals surface area contributed by atoms with Gasteiger partial charge < -0.3 is 10.3 Å². The highest BCUT2D eigenvalue weighted by Crippen LogP contribution is 2.19. The van der Waals surface area contributed by atoms with Gasteiger partial charge in [-0.1, -0.05) is 30.7 Å². The van der Waals surface area contributed by atoms with Crippen LogP contribution < -0.4 is 10.9 Å². The first kappa shape index (κ1) is 16.5. The van der Waals surface area contributed by atoms with Crippen molar-refractivity contribution >= 4 is 16.7 Å². The highest BCUT2D eigenvalue weighted by molar-refractivity contribution is 5.94. The summed E-state index contributed by atoms with van der Waals surface area (Å²) in [5.41, 5.74) is 2.75. The number of nitrogens with zero attached hydrogens (tertiary/aromatic N) is 1. The van der Waals surface area contributed by atoms with Gasteiger partial charge in [0, 0.05) is 17.3 Å². The summed E-state index contributed by atoms with van der Waals surface area (Å²) in [5, 5.41) is 4.93. The van der Waals surface area contributed by atoms with E-state index in [0.717, 1.165) is 59.8 Å². The van der Waals surface area contributed by atoms with Gasteiger partial charge >= 0.3 is 0 Å². The molecule has 3 aromatic rings. The SMILES string of the molecule is O=C(NCc1nccc2ccccc12)c1cc2c([nH]c1=O)CCCCC2. The Morgan fingerprint density at radius 1 is 1.12 bits per heavy atom. The van der Waals surface area contributed by atoms with E-state index >= 15 is 0 Å². The van der Waals surface area contributed by atoms with Crippen molar-refractivity contribution < 1.29 is 4.79 Å². The number of nitrogens with one attached hydrogen (secondary N) is 2. The maximum Gasteiger partial charge on any atom is 0.261 e. The third-order valence-electron chi connectivity index (χ3n) is 5.01. The topological polar surface area (TPSA) is 74.8 Å². The molecule has 4 rings (SSSR count). The zero-order valence-corrected chi connectivity index (χ0v) is 14.5. The zero-order valence-electron chi connectivity index (χ0n) is 14.5. The zero-order chi connectivity index (χ0) is 17.9. The molecule has 0 spiro atoms. The van der Waals surface area contributed by atoms with Crippen LogP contribution in [0.1, 0.15) is 46.6 Å². The molecule has 2 aromatic heterocycles. The number of H-pyrrole nitrogens is 1. The van der Waals surface area contributed by atoms with Crippen LogP contribution in [-0.4, -0.2) is 15.9 Å². The minimum Gasteiger partial charge on any atom is -0.346 e. The Kier molecular flexibility index (Phi) is 4.52. The second kappa shape index (κ2) is 7.12. The molecular weight excluding hydrogens is 326 g/mol. The molecule has 5 heteroatoms. The monoisotopic (exact) mass is 347 g/mol. The standard InChI is InChI=1S/C21H21N3O2/c25-20(17-12-15-7-2-1-3-9-18(15)24-21(17)26)23-13-19-16-8-5-4-6-14(16)10-11-22-19/h4-6,8,10-12H,1-3,7,9,13H2,(H,23,25)(H,24,26). The molecular formula is C21H21N3O2. The molecule has 0 bridgehead atoms. The van der Waals surface area contributed by atoms with Crippen LogP contribution in [0, 0.1) is 0 Å². The summed E-state index contributed by atoms with van der Waals surface area (Å²) in [7, 11) is 0. The van der Waals surface area contributed by atoms with Gasteiger partial charge in [-0.3, -0.25) is 14.6 Å². The van der Waals surface area contributed by atoms with Crippen molar-refractivity contribution in [3.63, 3.8) is 0 Å². The number of hydrogen-bond acceptors (Lipinski definition) is 3. The first-order valence-electron chi connectivity index (χ1n) is 9.08. The Morgan fingerprint density at radius 2 is 1.96 bits per heavy atom. The quantitative estimate of drug-likeness (QED) is 0.715. The number of aromatic amines is 1. The number of aromatic nitrogens is 2. The molecule has 0 saturated carbocycles. The van der Waals surface area contributed by atoms with Gasteiger partial charge in [-0.15, -0.1) is 0 Å². The van der Waals surface area contributed by atoms with Gasteiger partial charge in [-0.05, 0) is 48.8 Å². The molecule has 1 amide bonds. The van der Waals surface area contributed by atoms with Crippen molar-refractivity contribution in [1.29, 1.82) is 0 Å². The van der Waals surface area contributed by atoms with Crippen LogP contribution in [0.4, 0.5) is 0 Å². The van der Waals surface area contributed by atoms with E-state index in [9.17, 15) is 9.59 Å². The number of fused-ring (bicyclic) bond motifs is 2. The van der Waals surface area contributed by atoms with Crippen molar-refractivity contribution in [1.82, 2.24) is 15.3 Å². The van der Waals surface area contributed by atoms with E-state index in [0.29, 0.717) is 0 Å². The van der Waals surface area contributed by atoms with Gasteiger partial charge in [0.2, 0.25) is 0 Å². The second-order valence-corrected chi connectivity index (χ2v) is 6.74. The fourth-order valence-electron chi connectivity index (χ4n) is 3.60. The number of aryl methyl sites for hydroxylation is 2. The predicted octanol–water partition coefficient (Wildman–Crippen LogP) is 3.12. The summed E-state index contributed by atoms with van der Waals surface area (Å²) in [6.45, 7) is 0.288. The number of hydrogen-bond donors (Lipinski definition) is 2. The number of rotatable bonds is 3. The third kappa shape index (κ3) is 3.25. The molecule has 0 radical (unpaired) electrons. The van der Waals surface area contributed by atoms with E-state index in [2.05, 4.69) is 15.3 Å². The van der Waals surface area contributed by atoms with Gasteiger partial charge in [0.15, 0.2) is 0 Å². The number of pyridine rings is 2. The molecule has 132 valence electrons. The summed E-state index contributed by atoms with van der Waals surface area (Å²) in [6, 6.07) is 11.6. The molecule has 0 atom stereocenters. The van der Waals surface area contributed by atoms with E-state index in [1.54, 1.807) is 12.3 Å². The van der Waals surface area contributed by atoms with Crippen LogP contribution in [0.15, 0.2) is 47.4 Å². The van der Waals surface area contributed by atoms with Crippen LogP contribution >= 0.6 is 0 Å². The Morgan fingerprint density at radius 3 is 2.88 bits per heavy atom. The third-order valence-corrected chi connectivity index (χ3v) is 5.01. The molecule has 0 saturated heterocycles. The van der Waals surface area contributed by atoms with Crippen molar-refractivity contribution in [2.45, 2.75) is 38.6 Å². The van der Waals surface area contributed by atoms with Crippen molar-refractivity contribution in [3.8, 4) is 0 Å². The normalized spacial score (nSPS) is 13.8. The lowest BCUT2D eigenvalue weighted by Crippen LogP contribution is -2.30. The number of carbonyl (C=O) groups is 1. The molecule has 1 aromatic carbocycles. The molecule has 0 fully saturated rings. The molecule has 26 heavy (non-hydrogen) atoms. The highest BCUT2D eigenvalue weighted by Gasteiger charge is 2.16.